The van der Waals surface area contributed by atoms with Crippen molar-refractivity contribution >= 4 is 8.32 Å². The van der Waals surface area contributed by atoms with Crippen molar-refractivity contribution in [2.45, 2.75) is 51.4 Å². The van der Waals surface area contributed by atoms with Crippen molar-refractivity contribution in [3.63, 3.8) is 0 Å². The van der Waals surface area contributed by atoms with Gasteiger partial charge in [-0.1, -0.05) is 44.7 Å². The van der Waals surface area contributed by atoms with Gasteiger partial charge in [0, 0.05) is 13.0 Å². The van der Waals surface area contributed by atoms with Crippen molar-refractivity contribution in [3.05, 3.63) is 29.8 Å². The molecule has 22 heavy (non-hydrogen) atoms. The minimum Gasteiger partial charge on any atom is -0.497 e. The summed E-state index contributed by atoms with van der Waals surface area (Å²) in [5, 5.41) is 10.2. The SMILES string of the molecule is COc1ccc(C(O)C#CCCO[Si](C)(C)C(C)(C)C)cc1. The predicted octanol–water partition coefficient (Wildman–Crippen LogP) is 4.14. The molecule has 0 heterocycles. The number of aliphatic hydroxyl groups excluding tert-OH is 1. The third-order valence-electron chi connectivity index (χ3n) is 4.17. The lowest BCUT2D eigenvalue weighted by Gasteiger charge is -2.35. The van der Waals surface area contributed by atoms with Gasteiger partial charge in [0.05, 0.1) is 7.11 Å². The van der Waals surface area contributed by atoms with Gasteiger partial charge in [0.2, 0.25) is 0 Å². The molecule has 0 aliphatic heterocycles. The van der Waals surface area contributed by atoms with E-state index in [0.29, 0.717) is 13.0 Å². The van der Waals surface area contributed by atoms with Gasteiger partial charge in [-0.3, -0.25) is 0 Å². The standard InChI is InChI=1S/C18H28O3Si/c1-18(2,3)22(5,6)21-14-8-7-9-17(19)15-10-12-16(20-4)13-11-15/h10-13,17,19H,8,14H2,1-6H3. The lowest BCUT2D eigenvalue weighted by molar-refractivity contribution is 0.238. The van der Waals surface area contributed by atoms with Gasteiger partial charge >= 0.3 is 0 Å². The molecule has 1 aromatic carbocycles. The molecule has 0 bridgehead atoms. The lowest BCUT2D eigenvalue weighted by atomic mass is 10.1. The Kier molecular flexibility index (Phi) is 6.67. The van der Waals surface area contributed by atoms with E-state index in [0.717, 1.165) is 11.3 Å². The topological polar surface area (TPSA) is 38.7 Å². The van der Waals surface area contributed by atoms with Crippen LogP contribution in [0.4, 0.5) is 0 Å². The van der Waals surface area contributed by atoms with E-state index in [1.165, 1.54) is 0 Å². The molecular formula is C18H28O3Si. The first-order chi connectivity index (χ1) is 10.2. The van der Waals surface area contributed by atoms with Crippen molar-refractivity contribution in [1.82, 2.24) is 0 Å². The third-order valence-corrected chi connectivity index (χ3v) is 8.70. The maximum atomic E-state index is 10.0. The van der Waals surface area contributed by atoms with Gasteiger partial charge in [-0.15, -0.1) is 0 Å². The predicted molar refractivity (Wildman–Crippen MR) is 93.5 cm³/mol. The maximum Gasteiger partial charge on any atom is 0.192 e. The second-order valence-electron chi connectivity index (χ2n) is 6.86. The van der Waals surface area contributed by atoms with Gasteiger partial charge in [-0.05, 0) is 35.8 Å². The molecule has 122 valence electrons. The Balaban J connectivity index is 2.47. The van der Waals surface area contributed by atoms with E-state index in [9.17, 15) is 5.11 Å². The first-order valence-corrected chi connectivity index (χ1v) is 10.5. The van der Waals surface area contributed by atoms with Crippen LogP contribution in [0.1, 0.15) is 38.9 Å². The summed E-state index contributed by atoms with van der Waals surface area (Å²) in [4.78, 5) is 0. The summed E-state index contributed by atoms with van der Waals surface area (Å²) in [7, 11) is -0.0821. The summed E-state index contributed by atoms with van der Waals surface area (Å²) < 4.78 is 11.1. The van der Waals surface area contributed by atoms with Gasteiger partial charge in [0.15, 0.2) is 8.32 Å². The Labute approximate surface area is 135 Å². The van der Waals surface area contributed by atoms with E-state index in [1.54, 1.807) is 7.11 Å². The first kappa shape index (κ1) is 18.8. The summed E-state index contributed by atoms with van der Waals surface area (Å²) in [6, 6.07) is 7.29. The van der Waals surface area contributed by atoms with Crippen LogP contribution in [-0.2, 0) is 4.43 Å². The molecule has 0 fully saturated rings. The van der Waals surface area contributed by atoms with Gasteiger partial charge in [0.25, 0.3) is 0 Å². The van der Waals surface area contributed by atoms with E-state index in [4.69, 9.17) is 9.16 Å². The number of ether oxygens (including phenoxy) is 1. The van der Waals surface area contributed by atoms with E-state index in [-0.39, 0.29) is 5.04 Å². The van der Waals surface area contributed by atoms with Crippen LogP contribution >= 0.6 is 0 Å². The maximum absolute atomic E-state index is 10.0. The number of hydrogen-bond donors (Lipinski definition) is 1. The number of methoxy groups -OCH3 is 1. The summed E-state index contributed by atoms with van der Waals surface area (Å²) in [6.45, 7) is 11.7. The molecule has 0 amide bonds. The molecule has 1 atom stereocenters. The lowest BCUT2D eigenvalue weighted by Crippen LogP contribution is -2.40. The number of aliphatic hydroxyl groups is 1. The number of hydrogen-bond acceptors (Lipinski definition) is 3. The number of rotatable bonds is 5. The summed E-state index contributed by atoms with van der Waals surface area (Å²) in [5.41, 5.74) is 0.776. The third kappa shape index (κ3) is 5.49. The van der Waals surface area contributed by atoms with Crippen LogP contribution in [0.3, 0.4) is 0 Å². The summed E-state index contributed by atoms with van der Waals surface area (Å²) >= 11 is 0. The van der Waals surface area contributed by atoms with Crippen molar-refractivity contribution < 1.29 is 14.3 Å². The van der Waals surface area contributed by atoms with Crippen LogP contribution in [0.5, 0.6) is 5.75 Å². The van der Waals surface area contributed by atoms with E-state index in [1.807, 2.05) is 24.3 Å². The molecule has 0 saturated heterocycles. The molecule has 1 N–H and O–H groups in total. The Morgan fingerprint density at radius 3 is 2.27 bits per heavy atom. The van der Waals surface area contributed by atoms with Crippen molar-refractivity contribution in [2.24, 2.45) is 0 Å². The highest BCUT2D eigenvalue weighted by Crippen LogP contribution is 2.36. The second kappa shape index (κ2) is 7.82. The van der Waals surface area contributed by atoms with Gasteiger partial charge in [-0.25, -0.2) is 0 Å². The van der Waals surface area contributed by atoms with Gasteiger partial charge < -0.3 is 14.3 Å². The van der Waals surface area contributed by atoms with Crippen molar-refractivity contribution in [2.75, 3.05) is 13.7 Å². The van der Waals surface area contributed by atoms with Crippen LogP contribution < -0.4 is 4.74 Å². The first-order valence-electron chi connectivity index (χ1n) is 7.62. The monoisotopic (exact) mass is 320 g/mol. The molecule has 1 unspecified atom stereocenters. The Morgan fingerprint density at radius 1 is 1.18 bits per heavy atom. The van der Waals surface area contributed by atoms with Crippen molar-refractivity contribution in [3.8, 4) is 17.6 Å². The molecule has 1 rings (SSSR count). The zero-order valence-corrected chi connectivity index (χ0v) is 15.6. The molecule has 0 spiro atoms. The smallest absolute Gasteiger partial charge is 0.192 e. The fourth-order valence-corrected chi connectivity index (χ4v) is 2.66. The quantitative estimate of drug-likeness (QED) is 0.503. The average molecular weight is 321 g/mol. The molecule has 3 nitrogen and oxygen atoms in total. The van der Waals surface area contributed by atoms with Crippen LogP contribution in [0.15, 0.2) is 24.3 Å². The zero-order chi connectivity index (χ0) is 16.8. The Hall–Kier alpha value is -1.28. The van der Waals surface area contributed by atoms with Gasteiger partial charge in [-0.2, -0.15) is 0 Å². The fraction of sp³-hybridized carbons (Fsp3) is 0.556. The minimum atomic E-state index is -1.70. The molecule has 0 aliphatic rings. The van der Waals surface area contributed by atoms with E-state index >= 15 is 0 Å². The van der Waals surface area contributed by atoms with Crippen molar-refractivity contribution in [1.29, 1.82) is 0 Å². The van der Waals surface area contributed by atoms with E-state index in [2.05, 4.69) is 45.7 Å². The van der Waals surface area contributed by atoms with Crippen LogP contribution in [0, 0.1) is 11.8 Å². The molecular weight excluding hydrogens is 292 g/mol. The Bertz CT molecular complexity index is 518. The summed E-state index contributed by atoms with van der Waals surface area (Å²) in [5.74, 6) is 6.63. The average Bonchev–Trinajstić information content (AvgIpc) is 2.45. The highest BCUT2D eigenvalue weighted by Gasteiger charge is 2.36. The van der Waals surface area contributed by atoms with E-state index < -0.39 is 14.4 Å². The molecule has 0 aliphatic carbocycles. The second-order valence-corrected chi connectivity index (χ2v) is 11.7. The minimum absolute atomic E-state index is 0.211. The largest absolute Gasteiger partial charge is 0.497 e. The highest BCUT2D eigenvalue weighted by molar-refractivity contribution is 6.74. The van der Waals surface area contributed by atoms with Gasteiger partial charge in [0.1, 0.15) is 11.9 Å². The number of benzene rings is 1. The molecule has 0 saturated carbocycles. The van der Waals surface area contributed by atoms with Crippen LogP contribution in [0.2, 0.25) is 18.1 Å². The molecule has 4 heteroatoms. The molecule has 0 aromatic heterocycles. The van der Waals surface area contributed by atoms with Crippen LogP contribution in [-0.4, -0.2) is 27.1 Å². The normalized spacial score (nSPS) is 13.2. The Morgan fingerprint density at radius 2 is 1.77 bits per heavy atom. The summed E-state index contributed by atoms with van der Waals surface area (Å²) in [6.07, 6.45) is -0.126. The fourth-order valence-electron chi connectivity index (χ4n) is 1.61. The zero-order valence-electron chi connectivity index (χ0n) is 14.6. The van der Waals surface area contributed by atoms with Crippen LogP contribution in [0.25, 0.3) is 0 Å². The highest BCUT2D eigenvalue weighted by atomic mass is 28.4. The molecule has 0 radical (unpaired) electrons. The molecule has 1 aromatic rings.